The molecule has 0 radical (unpaired) electrons. The number of nitrogens with zero attached hydrogens (tertiary/aromatic N) is 2. The average molecular weight is 677 g/mol. The van der Waals surface area contributed by atoms with Gasteiger partial charge in [-0.1, -0.05) is 147 Å². The van der Waals surface area contributed by atoms with Gasteiger partial charge >= 0.3 is 0 Å². The van der Waals surface area contributed by atoms with E-state index in [-0.39, 0.29) is 5.41 Å². The Bertz CT molecular complexity index is 2870. The van der Waals surface area contributed by atoms with Crippen molar-refractivity contribution in [2.75, 3.05) is 4.90 Å². The van der Waals surface area contributed by atoms with Crippen LogP contribution in [-0.4, -0.2) is 4.57 Å². The van der Waals surface area contributed by atoms with Crippen LogP contribution < -0.4 is 4.90 Å². The molecule has 9 aromatic rings. The predicted molar refractivity (Wildman–Crippen MR) is 223 cm³/mol. The summed E-state index contributed by atoms with van der Waals surface area (Å²) in [4.78, 5) is 2.48. The molecular weight excluding hydrogens is 641 g/mol. The van der Waals surface area contributed by atoms with Gasteiger partial charge in [-0.05, 0) is 98.6 Å². The van der Waals surface area contributed by atoms with Crippen LogP contribution in [0.2, 0.25) is 0 Å². The number of hydrogen-bond donors (Lipinski definition) is 0. The monoisotopic (exact) mass is 676 g/mol. The smallest absolute Gasteiger partial charge is 0.0547 e. The van der Waals surface area contributed by atoms with Crippen LogP contribution in [0.25, 0.3) is 72.0 Å². The van der Waals surface area contributed by atoms with Crippen molar-refractivity contribution < 1.29 is 0 Å². The maximum Gasteiger partial charge on any atom is 0.0547 e. The highest BCUT2D eigenvalue weighted by atomic mass is 15.2. The third-order valence-corrected chi connectivity index (χ3v) is 11.7. The zero-order valence-corrected chi connectivity index (χ0v) is 29.7. The van der Waals surface area contributed by atoms with E-state index in [0.717, 1.165) is 5.69 Å². The summed E-state index contributed by atoms with van der Waals surface area (Å²) in [5, 5.41) is 2.53. The van der Waals surface area contributed by atoms with Crippen LogP contribution in [0.1, 0.15) is 25.0 Å². The van der Waals surface area contributed by atoms with E-state index in [9.17, 15) is 0 Å². The Hall–Kier alpha value is -6.64. The molecule has 0 saturated carbocycles. The Morgan fingerprint density at radius 2 is 0.868 bits per heavy atom. The molecule has 2 nitrogen and oxygen atoms in total. The standard InChI is InChI=1S/C51H36N2/c1-51(2)43-26-12-15-29-47(43)52(33-17-4-3-5-18-33)49-32-42-40-25-16-30-48(53-45-27-13-10-22-37(45)38-23-11-14-28-46(38)53)50(40)39-24-9-8-20-35(39)34-19-6-7-21-36(34)41(42)31-44(49)51/h3-32H,1-2H3. The van der Waals surface area contributed by atoms with E-state index in [1.165, 1.54) is 94.5 Å². The van der Waals surface area contributed by atoms with E-state index in [2.05, 4.69) is 205 Å². The molecule has 0 unspecified atom stereocenters. The number of benzene rings is 8. The molecule has 8 aromatic carbocycles. The van der Waals surface area contributed by atoms with Crippen LogP contribution in [0.5, 0.6) is 0 Å². The largest absolute Gasteiger partial charge is 0.310 e. The second-order valence-electron chi connectivity index (χ2n) is 14.9. The lowest BCUT2D eigenvalue weighted by molar-refractivity contribution is 0.632. The number of fused-ring (bicyclic) bond motifs is 13. The van der Waals surface area contributed by atoms with Gasteiger partial charge in [-0.2, -0.15) is 0 Å². The summed E-state index contributed by atoms with van der Waals surface area (Å²) in [6.07, 6.45) is 0. The van der Waals surface area contributed by atoms with E-state index < -0.39 is 0 Å². The zero-order valence-electron chi connectivity index (χ0n) is 29.7. The molecule has 0 saturated heterocycles. The van der Waals surface area contributed by atoms with Crippen molar-refractivity contribution in [2.24, 2.45) is 0 Å². The van der Waals surface area contributed by atoms with E-state index in [1.54, 1.807) is 0 Å². The van der Waals surface area contributed by atoms with Gasteiger partial charge in [-0.3, -0.25) is 0 Å². The van der Waals surface area contributed by atoms with Gasteiger partial charge in [0.1, 0.15) is 0 Å². The molecule has 1 aliphatic heterocycles. The fourth-order valence-corrected chi connectivity index (χ4v) is 9.35. The fraction of sp³-hybridized carbons (Fsp3) is 0.0588. The van der Waals surface area contributed by atoms with Crippen LogP contribution in [-0.2, 0) is 5.41 Å². The summed E-state index contributed by atoms with van der Waals surface area (Å²) in [6.45, 7) is 4.77. The molecule has 0 spiro atoms. The van der Waals surface area contributed by atoms with Gasteiger partial charge in [0.05, 0.1) is 28.1 Å². The summed E-state index contributed by atoms with van der Waals surface area (Å²) in [5.41, 5.74) is 19.6. The maximum atomic E-state index is 2.51. The summed E-state index contributed by atoms with van der Waals surface area (Å²) in [5.74, 6) is 0. The summed E-state index contributed by atoms with van der Waals surface area (Å²) >= 11 is 0. The molecule has 0 fully saturated rings. The summed E-state index contributed by atoms with van der Waals surface area (Å²) in [7, 11) is 0. The first kappa shape index (κ1) is 30.0. The van der Waals surface area contributed by atoms with E-state index in [4.69, 9.17) is 0 Å². The zero-order chi connectivity index (χ0) is 35.3. The molecule has 53 heavy (non-hydrogen) atoms. The highest BCUT2D eigenvalue weighted by Crippen LogP contribution is 2.57. The lowest BCUT2D eigenvalue weighted by Gasteiger charge is -2.43. The summed E-state index contributed by atoms with van der Waals surface area (Å²) in [6, 6.07) is 67.4. The van der Waals surface area contributed by atoms with Crippen molar-refractivity contribution in [3.8, 4) is 50.2 Å². The highest BCUT2D eigenvalue weighted by Gasteiger charge is 2.38. The van der Waals surface area contributed by atoms with E-state index >= 15 is 0 Å². The van der Waals surface area contributed by atoms with Gasteiger partial charge in [-0.25, -0.2) is 0 Å². The first-order valence-electron chi connectivity index (χ1n) is 18.5. The molecule has 0 bridgehead atoms. The first-order chi connectivity index (χ1) is 26.1. The predicted octanol–water partition coefficient (Wildman–Crippen LogP) is 13.9. The van der Waals surface area contributed by atoms with Gasteiger partial charge in [0, 0.05) is 27.4 Å². The Kier molecular flexibility index (Phi) is 6.33. The molecule has 0 amide bonds. The normalized spacial score (nSPS) is 13.6. The molecule has 250 valence electrons. The first-order valence-corrected chi connectivity index (χ1v) is 18.5. The Labute approximate surface area is 309 Å². The number of aromatic nitrogens is 1. The minimum atomic E-state index is -0.227. The topological polar surface area (TPSA) is 8.17 Å². The lowest BCUT2D eigenvalue weighted by atomic mass is 9.71. The van der Waals surface area contributed by atoms with Gasteiger partial charge in [0.25, 0.3) is 0 Å². The second kappa shape index (κ2) is 11.2. The third-order valence-electron chi connectivity index (χ3n) is 11.7. The van der Waals surface area contributed by atoms with Crippen molar-refractivity contribution in [2.45, 2.75) is 19.3 Å². The van der Waals surface area contributed by atoms with Crippen molar-refractivity contribution >= 4 is 38.9 Å². The molecular formula is C51H36N2. The van der Waals surface area contributed by atoms with Crippen molar-refractivity contribution in [1.82, 2.24) is 4.57 Å². The number of rotatable bonds is 2. The van der Waals surface area contributed by atoms with Crippen LogP contribution in [0.15, 0.2) is 182 Å². The fourth-order valence-electron chi connectivity index (χ4n) is 9.35. The quantitative estimate of drug-likeness (QED) is 0.177. The highest BCUT2D eigenvalue weighted by molar-refractivity contribution is 6.12. The Morgan fingerprint density at radius 3 is 1.58 bits per heavy atom. The van der Waals surface area contributed by atoms with Crippen LogP contribution >= 0.6 is 0 Å². The van der Waals surface area contributed by atoms with Crippen LogP contribution in [0.4, 0.5) is 17.1 Å². The molecule has 1 aromatic heterocycles. The van der Waals surface area contributed by atoms with Gasteiger partial charge < -0.3 is 9.47 Å². The van der Waals surface area contributed by atoms with Gasteiger partial charge in [0.15, 0.2) is 0 Å². The van der Waals surface area contributed by atoms with Crippen molar-refractivity contribution in [1.29, 1.82) is 0 Å². The lowest BCUT2D eigenvalue weighted by Crippen LogP contribution is -2.30. The van der Waals surface area contributed by atoms with Crippen LogP contribution in [0, 0.1) is 0 Å². The molecule has 0 atom stereocenters. The molecule has 11 rings (SSSR count). The second-order valence-corrected chi connectivity index (χ2v) is 14.9. The van der Waals surface area contributed by atoms with E-state index in [1.807, 2.05) is 0 Å². The SMILES string of the molecule is CC1(C)c2ccccc2N(c2ccccc2)c2cc3c(cc21)-c1ccccc1-c1ccccc1-c1c-3cccc1-n1c2ccccc2c2ccccc21. The minimum Gasteiger partial charge on any atom is -0.310 e. The molecule has 2 heterocycles. The third kappa shape index (κ3) is 4.21. The molecule has 2 heteroatoms. The Morgan fingerprint density at radius 1 is 0.358 bits per heavy atom. The maximum absolute atomic E-state index is 2.51. The average Bonchev–Trinajstić information content (AvgIpc) is 3.54. The number of hydrogen-bond acceptors (Lipinski definition) is 1. The summed E-state index contributed by atoms with van der Waals surface area (Å²) < 4.78 is 2.49. The van der Waals surface area contributed by atoms with Gasteiger partial charge in [-0.15, -0.1) is 0 Å². The number of anilines is 3. The molecule has 2 aliphatic rings. The van der Waals surface area contributed by atoms with E-state index in [0.29, 0.717) is 0 Å². The van der Waals surface area contributed by atoms with Crippen molar-refractivity contribution in [3.05, 3.63) is 193 Å². The molecule has 1 aliphatic carbocycles. The minimum absolute atomic E-state index is 0.227. The van der Waals surface area contributed by atoms with Gasteiger partial charge in [0.2, 0.25) is 0 Å². The van der Waals surface area contributed by atoms with Crippen LogP contribution in [0.3, 0.4) is 0 Å². The number of para-hydroxylation sites is 4. The Balaban J connectivity index is 1.31. The molecule has 0 N–H and O–H groups in total. The van der Waals surface area contributed by atoms with Crippen molar-refractivity contribution in [3.63, 3.8) is 0 Å².